The maximum Gasteiger partial charge on any atom is 0.306 e. The number of hydrogen-bond acceptors (Lipinski definition) is 1. The first kappa shape index (κ1) is 28.7. The number of carbonyl (C=O) groups is 1. The van der Waals surface area contributed by atoms with E-state index in [1.54, 1.807) is 11.1 Å². The van der Waals surface area contributed by atoms with Crippen molar-refractivity contribution in [3.63, 3.8) is 0 Å². The standard InChI is InChI=1S/C35H56O2/c1-4-6-7-11-28-16-20-31(21-17-28)35(24-22-30(23-25-35)34(36)37)33-13-9-8-12-32(33)26(3)29-18-14-27(10-5-2)15-19-29/h8-9,12-13,26-31H,4-7,10-11,14-25H2,1-3H3,(H,36,37). The second-order valence-corrected chi connectivity index (χ2v) is 13.4. The van der Waals surface area contributed by atoms with Gasteiger partial charge in [-0.2, -0.15) is 0 Å². The van der Waals surface area contributed by atoms with E-state index in [9.17, 15) is 9.90 Å². The molecule has 2 heteroatoms. The maximum absolute atomic E-state index is 11.9. The Bertz CT molecular complexity index is 819. The molecule has 1 N–H and O–H groups in total. The summed E-state index contributed by atoms with van der Waals surface area (Å²) in [6.07, 6.45) is 23.2. The summed E-state index contributed by atoms with van der Waals surface area (Å²) in [6.45, 7) is 7.16. The number of aliphatic carboxylic acids is 1. The molecule has 2 nitrogen and oxygen atoms in total. The predicted molar refractivity (Wildman–Crippen MR) is 156 cm³/mol. The quantitative estimate of drug-likeness (QED) is 0.302. The van der Waals surface area contributed by atoms with Gasteiger partial charge in [0.2, 0.25) is 0 Å². The highest BCUT2D eigenvalue weighted by Crippen LogP contribution is 2.54. The summed E-state index contributed by atoms with van der Waals surface area (Å²) in [5, 5.41) is 9.80. The minimum atomic E-state index is -0.571. The smallest absolute Gasteiger partial charge is 0.306 e. The molecule has 3 aliphatic rings. The molecule has 3 saturated carbocycles. The molecule has 208 valence electrons. The number of carboxylic acid groups (broad SMARTS) is 1. The number of carboxylic acids is 1. The first-order valence-corrected chi connectivity index (χ1v) is 16.3. The molecule has 1 atom stereocenters. The molecule has 0 saturated heterocycles. The molecule has 0 spiro atoms. The molecule has 1 unspecified atom stereocenters. The van der Waals surface area contributed by atoms with Gasteiger partial charge in [-0.15, -0.1) is 0 Å². The minimum Gasteiger partial charge on any atom is -0.481 e. The fourth-order valence-electron chi connectivity index (χ4n) is 8.95. The van der Waals surface area contributed by atoms with E-state index in [4.69, 9.17) is 0 Å². The molecule has 0 bridgehead atoms. The van der Waals surface area contributed by atoms with Crippen LogP contribution >= 0.6 is 0 Å². The van der Waals surface area contributed by atoms with E-state index < -0.39 is 5.97 Å². The van der Waals surface area contributed by atoms with E-state index in [-0.39, 0.29) is 11.3 Å². The van der Waals surface area contributed by atoms with Crippen molar-refractivity contribution in [2.45, 2.75) is 148 Å². The van der Waals surface area contributed by atoms with Crippen LogP contribution in [0.1, 0.15) is 153 Å². The Kier molecular flexibility index (Phi) is 10.6. The Hall–Kier alpha value is -1.31. The number of hydrogen-bond donors (Lipinski definition) is 1. The molecular weight excluding hydrogens is 452 g/mol. The van der Waals surface area contributed by atoms with E-state index in [0.29, 0.717) is 5.92 Å². The van der Waals surface area contributed by atoms with E-state index in [1.807, 2.05) is 0 Å². The van der Waals surface area contributed by atoms with E-state index in [0.717, 1.165) is 49.4 Å². The zero-order valence-electron chi connectivity index (χ0n) is 24.4. The third-order valence-electron chi connectivity index (χ3n) is 11.4. The van der Waals surface area contributed by atoms with Gasteiger partial charge in [-0.05, 0) is 97.5 Å². The third-order valence-corrected chi connectivity index (χ3v) is 11.4. The lowest BCUT2D eigenvalue weighted by Crippen LogP contribution is -2.43. The van der Waals surface area contributed by atoms with Crippen LogP contribution in [0.5, 0.6) is 0 Å². The molecular formula is C35H56O2. The monoisotopic (exact) mass is 508 g/mol. The van der Waals surface area contributed by atoms with E-state index in [2.05, 4.69) is 45.0 Å². The molecule has 0 radical (unpaired) electrons. The minimum absolute atomic E-state index is 0.142. The molecule has 0 amide bonds. The summed E-state index contributed by atoms with van der Waals surface area (Å²) in [5.41, 5.74) is 3.42. The maximum atomic E-state index is 11.9. The van der Waals surface area contributed by atoms with Crippen LogP contribution in [0.4, 0.5) is 0 Å². The molecule has 3 aliphatic carbocycles. The zero-order valence-corrected chi connectivity index (χ0v) is 24.4. The molecule has 1 aromatic carbocycles. The Balaban J connectivity index is 1.55. The molecule has 37 heavy (non-hydrogen) atoms. The SMILES string of the molecule is CCCCCC1CCC(C2(c3ccccc3C(C)C3CCC(CCC)CC3)CCC(C(=O)O)CC2)CC1. The summed E-state index contributed by atoms with van der Waals surface area (Å²) in [4.78, 5) is 11.9. The lowest BCUT2D eigenvalue weighted by molar-refractivity contribution is -0.143. The number of rotatable bonds is 11. The Labute approximate surface area is 228 Å². The highest BCUT2D eigenvalue weighted by atomic mass is 16.4. The lowest BCUT2D eigenvalue weighted by atomic mass is 9.55. The van der Waals surface area contributed by atoms with Crippen molar-refractivity contribution in [1.82, 2.24) is 0 Å². The highest BCUT2D eigenvalue weighted by Gasteiger charge is 2.46. The van der Waals surface area contributed by atoms with Crippen molar-refractivity contribution < 1.29 is 9.90 Å². The van der Waals surface area contributed by atoms with Crippen LogP contribution in [0.3, 0.4) is 0 Å². The fourth-order valence-corrected chi connectivity index (χ4v) is 8.95. The van der Waals surface area contributed by atoms with Gasteiger partial charge in [-0.1, -0.05) is 109 Å². The van der Waals surface area contributed by atoms with Gasteiger partial charge < -0.3 is 5.11 Å². The van der Waals surface area contributed by atoms with Crippen molar-refractivity contribution in [2.75, 3.05) is 0 Å². The average Bonchev–Trinajstić information content (AvgIpc) is 2.94. The molecule has 0 aromatic heterocycles. The lowest BCUT2D eigenvalue weighted by Gasteiger charge is -2.49. The summed E-state index contributed by atoms with van der Waals surface area (Å²) in [7, 11) is 0. The zero-order chi connectivity index (χ0) is 26.3. The fraction of sp³-hybridized carbons (Fsp3) is 0.800. The first-order chi connectivity index (χ1) is 18.0. The van der Waals surface area contributed by atoms with Crippen LogP contribution < -0.4 is 0 Å². The van der Waals surface area contributed by atoms with Crippen LogP contribution in [0.15, 0.2) is 24.3 Å². The average molecular weight is 509 g/mol. The van der Waals surface area contributed by atoms with Crippen LogP contribution in [0.2, 0.25) is 0 Å². The highest BCUT2D eigenvalue weighted by molar-refractivity contribution is 5.70. The predicted octanol–water partition coefficient (Wildman–Crippen LogP) is 10.3. The summed E-state index contributed by atoms with van der Waals surface area (Å²) in [5.74, 6) is 3.29. The molecule has 0 aliphatic heterocycles. The topological polar surface area (TPSA) is 37.3 Å². The van der Waals surface area contributed by atoms with Gasteiger partial charge in [0.15, 0.2) is 0 Å². The van der Waals surface area contributed by atoms with Gasteiger partial charge in [0.1, 0.15) is 0 Å². The van der Waals surface area contributed by atoms with Gasteiger partial charge in [0.05, 0.1) is 5.92 Å². The third kappa shape index (κ3) is 6.83. The summed E-state index contributed by atoms with van der Waals surface area (Å²) < 4.78 is 0. The second-order valence-electron chi connectivity index (χ2n) is 13.4. The summed E-state index contributed by atoms with van der Waals surface area (Å²) in [6, 6.07) is 9.49. The van der Waals surface area contributed by atoms with Gasteiger partial charge in [-0.25, -0.2) is 0 Å². The Morgan fingerprint density at radius 3 is 2.08 bits per heavy atom. The second kappa shape index (κ2) is 13.7. The van der Waals surface area contributed by atoms with Gasteiger partial charge in [0.25, 0.3) is 0 Å². The van der Waals surface area contributed by atoms with Crippen molar-refractivity contribution in [2.24, 2.45) is 29.6 Å². The van der Waals surface area contributed by atoms with Crippen molar-refractivity contribution >= 4 is 5.97 Å². The first-order valence-electron chi connectivity index (χ1n) is 16.3. The van der Waals surface area contributed by atoms with E-state index >= 15 is 0 Å². The number of benzene rings is 1. The van der Waals surface area contributed by atoms with Crippen molar-refractivity contribution in [1.29, 1.82) is 0 Å². The van der Waals surface area contributed by atoms with Crippen molar-refractivity contribution in [3.8, 4) is 0 Å². The Morgan fingerprint density at radius 2 is 1.46 bits per heavy atom. The van der Waals surface area contributed by atoms with E-state index in [1.165, 1.54) is 89.9 Å². The normalized spacial score (nSPS) is 33.6. The largest absolute Gasteiger partial charge is 0.481 e. The molecule has 0 heterocycles. The van der Waals surface area contributed by atoms with Crippen LogP contribution in [-0.2, 0) is 10.2 Å². The van der Waals surface area contributed by atoms with Crippen LogP contribution in [0.25, 0.3) is 0 Å². The number of unbranched alkanes of at least 4 members (excludes halogenated alkanes) is 2. The van der Waals surface area contributed by atoms with Gasteiger partial charge >= 0.3 is 5.97 Å². The molecule has 3 fully saturated rings. The molecule has 4 rings (SSSR count). The van der Waals surface area contributed by atoms with Crippen LogP contribution in [0, 0.1) is 29.6 Å². The van der Waals surface area contributed by atoms with Crippen molar-refractivity contribution in [3.05, 3.63) is 35.4 Å². The van der Waals surface area contributed by atoms with Gasteiger partial charge in [0, 0.05) is 0 Å². The van der Waals surface area contributed by atoms with Crippen LogP contribution in [-0.4, -0.2) is 11.1 Å². The summed E-state index contributed by atoms with van der Waals surface area (Å²) >= 11 is 0. The molecule has 1 aromatic rings. The van der Waals surface area contributed by atoms with Gasteiger partial charge in [-0.3, -0.25) is 4.79 Å². The Morgan fingerprint density at radius 1 is 0.838 bits per heavy atom.